The van der Waals surface area contributed by atoms with Gasteiger partial charge >= 0.3 is 6.03 Å². The number of aliphatic hydroxyl groups is 1. The minimum absolute atomic E-state index is 0.0195. The highest BCUT2D eigenvalue weighted by molar-refractivity contribution is 8.00. The first-order valence-corrected chi connectivity index (χ1v) is 11.5. The van der Waals surface area contributed by atoms with E-state index in [0.29, 0.717) is 37.2 Å². The lowest BCUT2D eigenvalue weighted by Gasteiger charge is -2.22. The molecule has 0 radical (unpaired) electrons. The average Bonchev–Trinajstić information content (AvgIpc) is 3.32. The van der Waals surface area contributed by atoms with Gasteiger partial charge in [0.25, 0.3) is 0 Å². The molecule has 7 nitrogen and oxygen atoms in total. The first-order valence-electron chi connectivity index (χ1n) is 10.4. The number of fused-ring (bicyclic) bond motifs is 1. The van der Waals surface area contributed by atoms with Crippen LogP contribution in [-0.2, 0) is 9.47 Å². The molecule has 6 atom stereocenters. The van der Waals surface area contributed by atoms with Gasteiger partial charge in [0.05, 0.1) is 31.4 Å². The summed E-state index contributed by atoms with van der Waals surface area (Å²) in [6, 6.07) is 1.01. The van der Waals surface area contributed by atoms with Gasteiger partial charge < -0.3 is 30.5 Å². The maximum absolute atomic E-state index is 11.4. The number of carbonyl (C=O) groups is 1. The second kappa shape index (κ2) is 10.9. The van der Waals surface area contributed by atoms with Gasteiger partial charge in [0.2, 0.25) is 0 Å². The number of rotatable bonds is 14. The number of hydrogen-bond acceptors (Lipinski definition) is 6. The summed E-state index contributed by atoms with van der Waals surface area (Å²) in [6.45, 7) is 5.66. The minimum atomic E-state index is -0.266. The van der Waals surface area contributed by atoms with Gasteiger partial charge in [-0.15, -0.1) is 0 Å². The zero-order valence-electron chi connectivity index (χ0n) is 16.3. The summed E-state index contributed by atoms with van der Waals surface area (Å²) in [5, 5.41) is 20.5. The number of amides is 2. The van der Waals surface area contributed by atoms with Gasteiger partial charge in [0.15, 0.2) is 0 Å². The Kier molecular flexibility index (Phi) is 8.51. The van der Waals surface area contributed by atoms with Gasteiger partial charge in [-0.05, 0) is 26.2 Å². The third-order valence-corrected chi connectivity index (χ3v) is 7.31. The fourth-order valence-electron chi connectivity index (χ4n) is 4.17. The molecule has 27 heavy (non-hydrogen) atoms. The molecule has 0 aliphatic carbocycles. The van der Waals surface area contributed by atoms with Gasteiger partial charge in [-0.1, -0.05) is 12.8 Å². The lowest BCUT2D eigenvalue weighted by molar-refractivity contribution is 0.0301. The van der Waals surface area contributed by atoms with Crippen molar-refractivity contribution in [1.82, 2.24) is 16.0 Å². The molecule has 2 amide bonds. The van der Waals surface area contributed by atoms with Crippen LogP contribution in [0.3, 0.4) is 0 Å². The van der Waals surface area contributed by atoms with E-state index in [1.54, 1.807) is 0 Å². The molecule has 3 aliphatic rings. The van der Waals surface area contributed by atoms with Crippen LogP contribution in [-0.4, -0.2) is 79.3 Å². The van der Waals surface area contributed by atoms with Crippen LogP contribution in [0.1, 0.15) is 39.0 Å². The Labute approximate surface area is 166 Å². The van der Waals surface area contributed by atoms with Crippen LogP contribution < -0.4 is 16.0 Å². The Morgan fingerprint density at radius 1 is 1.19 bits per heavy atom. The van der Waals surface area contributed by atoms with Crippen molar-refractivity contribution in [3.05, 3.63) is 0 Å². The Bertz CT molecular complexity index is 466. The fourth-order valence-corrected chi connectivity index (χ4v) is 5.72. The monoisotopic (exact) mass is 401 g/mol. The Hall–Kier alpha value is -0.540. The number of thioether (sulfide) groups is 1. The summed E-state index contributed by atoms with van der Waals surface area (Å²) < 4.78 is 10.9. The number of urea groups is 1. The summed E-state index contributed by atoms with van der Waals surface area (Å²) in [6.07, 6.45) is 4.71. The maximum atomic E-state index is 11.4. The molecule has 3 saturated heterocycles. The van der Waals surface area contributed by atoms with Crippen molar-refractivity contribution in [2.24, 2.45) is 5.92 Å². The van der Waals surface area contributed by atoms with Crippen LogP contribution in [0.15, 0.2) is 0 Å². The lowest BCUT2D eigenvalue weighted by Crippen LogP contribution is -2.36. The molecular formula is C19H35N3O4S. The number of unbranched alkanes of at least 4 members (excludes halogenated alkanes) is 1. The number of hydrogen-bond donors (Lipinski definition) is 4. The molecule has 0 saturated carbocycles. The van der Waals surface area contributed by atoms with E-state index in [1.165, 1.54) is 0 Å². The number of carbonyl (C=O) groups excluding carboxylic acids is 1. The molecular weight excluding hydrogens is 366 g/mol. The third-order valence-electron chi connectivity index (χ3n) is 5.80. The Morgan fingerprint density at radius 2 is 2.00 bits per heavy atom. The van der Waals surface area contributed by atoms with E-state index in [2.05, 4.69) is 16.0 Å². The molecule has 0 aromatic heterocycles. The summed E-state index contributed by atoms with van der Waals surface area (Å²) >= 11 is 1.96. The fraction of sp³-hybridized carbons (Fsp3) is 0.947. The maximum Gasteiger partial charge on any atom is 0.315 e. The molecule has 3 rings (SSSR count). The van der Waals surface area contributed by atoms with Crippen molar-refractivity contribution in [1.29, 1.82) is 0 Å². The predicted octanol–water partition coefficient (Wildman–Crippen LogP) is 1.10. The van der Waals surface area contributed by atoms with Crippen molar-refractivity contribution < 1.29 is 19.4 Å². The smallest absolute Gasteiger partial charge is 0.315 e. The van der Waals surface area contributed by atoms with Crippen molar-refractivity contribution in [3.63, 3.8) is 0 Å². The molecule has 3 aliphatic heterocycles. The van der Waals surface area contributed by atoms with Gasteiger partial charge in [-0.25, -0.2) is 4.79 Å². The standard InChI is InChI=1S/C19H35N3O4S/c1-2-25-9-10-26-8-7-13(14-11-20-14)16(23)5-3-4-6-17-18-15(12-27-17)21-19(24)22-18/h13-18,20,23H,2-12H2,1H3,(H2,21,22,24)/t13?,14?,15?,16?,17-,18-/m0/s1. The first kappa shape index (κ1) is 21.2. The third kappa shape index (κ3) is 6.49. The number of ether oxygens (including phenoxy) is 2. The summed E-state index contributed by atoms with van der Waals surface area (Å²) in [4.78, 5) is 11.4. The zero-order valence-corrected chi connectivity index (χ0v) is 17.1. The molecule has 0 spiro atoms. The largest absolute Gasteiger partial charge is 0.393 e. The van der Waals surface area contributed by atoms with E-state index >= 15 is 0 Å². The highest BCUT2D eigenvalue weighted by Crippen LogP contribution is 2.33. The SMILES string of the molecule is CCOCCOCCC(C(O)CCCC[C@@H]1SCC2NC(=O)N[C@@H]21)C1CN1. The highest BCUT2D eigenvalue weighted by Gasteiger charge is 2.42. The van der Waals surface area contributed by atoms with Crippen LogP contribution >= 0.6 is 11.8 Å². The quantitative estimate of drug-likeness (QED) is 0.198. The van der Waals surface area contributed by atoms with Crippen LogP contribution in [0.4, 0.5) is 4.79 Å². The molecule has 0 aromatic rings. The van der Waals surface area contributed by atoms with E-state index in [-0.39, 0.29) is 24.1 Å². The van der Waals surface area contributed by atoms with Crippen LogP contribution in [0.5, 0.6) is 0 Å². The van der Waals surface area contributed by atoms with E-state index in [1.807, 2.05) is 18.7 Å². The van der Waals surface area contributed by atoms with E-state index < -0.39 is 0 Å². The Balaban J connectivity index is 1.28. The number of aliphatic hydroxyl groups excluding tert-OH is 1. The molecule has 4 N–H and O–H groups in total. The lowest BCUT2D eigenvalue weighted by atomic mass is 9.91. The highest BCUT2D eigenvalue weighted by atomic mass is 32.2. The summed E-state index contributed by atoms with van der Waals surface area (Å²) in [5.41, 5.74) is 0. The molecule has 0 bridgehead atoms. The average molecular weight is 402 g/mol. The first-order chi connectivity index (χ1) is 13.2. The molecule has 8 heteroatoms. The topological polar surface area (TPSA) is 102 Å². The van der Waals surface area contributed by atoms with Crippen LogP contribution in [0.2, 0.25) is 0 Å². The van der Waals surface area contributed by atoms with E-state index in [4.69, 9.17) is 9.47 Å². The van der Waals surface area contributed by atoms with Crippen LogP contribution in [0.25, 0.3) is 0 Å². The normalized spacial score (nSPS) is 31.3. The number of nitrogens with one attached hydrogen (secondary N) is 3. The van der Waals surface area contributed by atoms with Gasteiger partial charge in [0, 0.05) is 42.7 Å². The predicted molar refractivity (Wildman–Crippen MR) is 107 cm³/mol. The second-order valence-corrected chi connectivity index (χ2v) is 9.02. The molecule has 3 fully saturated rings. The van der Waals surface area contributed by atoms with Gasteiger partial charge in [-0.2, -0.15) is 11.8 Å². The molecule has 156 valence electrons. The second-order valence-electron chi connectivity index (χ2n) is 7.75. The van der Waals surface area contributed by atoms with Crippen molar-refractivity contribution in [3.8, 4) is 0 Å². The van der Waals surface area contributed by atoms with Gasteiger partial charge in [0.1, 0.15) is 0 Å². The summed E-state index contributed by atoms with van der Waals surface area (Å²) in [5.74, 6) is 1.29. The van der Waals surface area contributed by atoms with Gasteiger partial charge in [-0.3, -0.25) is 0 Å². The summed E-state index contributed by atoms with van der Waals surface area (Å²) in [7, 11) is 0. The van der Waals surface area contributed by atoms with E-state index in [0.717, 1.165) is 51.0 Å². The molecule has 4 unspecified atom stereocenters. The Morgan fingerprint density at radius 3 is 2.78 bits per heavy atom. The zero-order chi connectivity index (χ0) is 19.1. The van der Waals surface area contributed by atoms with Crippen molar-refractivity contribution >= 4 is 17.8 Å². The van der Waals surface area contributed by atoms with Crippen LogP contribution in [0, 0.1) is 5.92 Å². The van der Waals surface area contributed by atoms with Crippen molar-refractivity contribution in [2.75, 3.05) is 38.7 Å². The molecule has 3 heterocycles. The minimum Gasteiger partial charge on any atom is -0.393 e. The molecule has 0 aromatic carbocycles. The van der Waals surface area contributed by atoms with Crippen molar-refractivity contribution in [2.45, 2.75) is 68.5 Å². The van der Waals surface area contributed by atoms with E-state index in [9.17, 15) is 9.90 Å².